The van der Waals surface area contributed by atoms with Crippen LogP contribution >= 0.6 is 12.2 Å². The van der Waals surface area contributed by atoms with Crippen LogP contribution in [0.2, 0.25) is 0 Å². The number of methoxy groups -OCH3 is 2. The molecule has 1 atom stereocenters. The highest BCUT2D eigenvalue weighted by Gasteiger charge is 2.48. The first-order chi connectivity index (χ1) is 14.6. The molecule has 0 aromatic carbocycles. The molecule has 30 heavy (non-hydrogen) atoms. The van der Waals surface area contributed by atoms with Crippen LogP contribution in [-0.2, 0) is 18.9 Å². The van der Waals surface area contributed by atoms with E-state index in [4.69, 9.17) is 31.2 Å². The van der Waals surface area contributed by atoms with Crippen molar-refractivity contribution in [2.45, 2.75) is 84.5 Å². The van der Waals surface area contributed by atoms with E-state index in [1.165, 1.54) is 25.7 Å². The zero-order chi connectivity index (χ0) is 22.1. The number of rotatable bonds is 21. The molecule has 1 aliphatic heterocycles. The summed E-state index contributed by atoms with van der Waals surface area (Å²) in [4.78, 5) is 0. The van der Waals surface area contributed by atoms with E-state index < -0.39 is 0 Å². The Morgan fingerprint density at radius 2 is 1.70 bits per heavy atom. The van der Waals surface area contributed by atoms with Crippen LogP contribution in [0.4, 0.5) is 0 Å². The summed E-state index contributed by atoms with van der Waals surface area (Å²) in [5, 5.41) is 1.97. The van der Waals surface area contributed by atoms with Crippen LogP contribution in [0, 0.1) is 16.7 Å². The third-order valence-electron chi connectivity index (χ3n) is 6.65. The van der Waals surface area contributed by atoms with Crippen LogP contribution in [0.1, 0.15) is 84.5 Å². The molecule has 0 aromatic rings. The second-order valence-electron chi connectivity index (χ2n) is 9.02. The lowest BCUT2D eigenvalue weighted by atomic mass is 9.58. The maximum absolute atomic E-state index is 5.77. The minimum absolute atomic E-state index is 0.0910. The molecule has 1 heterocycles. The van der Waals surface area contributed by atoms with Crippen molar-refractivity contribution in [2.24, 2.45) is 10.8 Å². The minimum Gasteiger partial charge on any atom is -0.385 e. The second-order valence-corrected chi connectivity index (χ2v) is 9.35. The lowest BCUT2D eigenvalue weighted by Crippen LogP contribution is -2.48. The highest BCUT2D eigenvalue weighted by molar-refractivity contribution is 7.78. The summed E-state index contributed by atoms with van der Waals surface area (Å²) in [5.74, 6) is 1.64. The van der Waals surface area contributed by atoms with Crippen LogP contribution in [0.15, 0.2) is 0 Å². The smallest absolute Gasteiger partial charge is 0.0545 e. The van der Waals surface area contributed by atoms with Gasteiger partial charge in [-0.3, -0.25) is 0 Å². The van der Waals surface area contributed by atoms with Crippen LogP contribution in [0.25, 0.3) is 0 Å². The normalized spacial score (nSPS) is 17.6. The molecule has 0 spiro atoms. The van der Waals surface area contributed by atoms with E-state index in [9.17, 15) is 0 Å². The van der Waals surface area contributed by atoms with Gasteiger partial charge in [-0.25, -0.2) is 0 Å². The molecule has 0 amide bonds. The highest BCUT2D eigenvalue weighted by atomic mass is 32.1. The molecule has 0 aliphatic carbocycles. The number of hydrogen-bond donors (Lipinski definition) is 0. The Morgan fingerprint density at radius 1 is 1.00 bits per heavy atom. The first-order valence-electron chi connectivity index (χ1n) is 12.0. The average Bonchev–Trinajstić information content (AvgIpc) is 2.72. The van der Waals surface area contributed by atoms with Gasteiger partial charge in [0.05, 0.1) is 13.2 Å². The fourth-order valence-corrected chi connectivity index (χ4v) is 5.30. The SMILES string of the molecule is CCCCCC1(CC(CC=S)(CCOC)[C](CCCOC)CCCOCC)COC1. The largest absolute Gasteiger partial charge is 0.385 e. The van der Waals surface area contributed by atoms with Gasteiger partial charge in [0, 0.05) is 46.1 Å². The molecule has 1 aliphatic rings. The molecule has 1 rings (SSSR count). The van der Waals surface area contributed by atoms with Crippen molar-refractivity contribution < 1.29 is 18.9 Å². The van der Waals surface area contributed by atoms with Crippen LogP contribution in [-0.4, -0.2) is 59.2 Å². The predicted molar refractivity (Wildman–Crippen MR) is 129 cm³/mol. The summed E-state index contributed by atoms with van der Waals surface area (Å²) in [7, 11) is 3.60. The summed E-state index contributed by atoms with van der Waals surface area (Å²) in [6.07, 6.45) is 12.6. The Bertz CT molecular complexity index is 427. The predicted octanol–water partition coefficient (Wildman–Crippen LogP) is 6.20. The lowest BCUT2D eigenvalue weighted by molar-refractivity contribution is -0.141. The van der Waals surface area contributed by atoms with Crippen molar-refractivity contribution in [1.29, 1.82) is 0 Å². The zero-order valence-electron chi connectivity index (χ0n) is 20.1. The van der Waals surface area contributed by atoms with Gasteiger partial charge in [0.2, 0.25) is 0 Å². The molecule has 0 saturated carbocycles. The fourth-order valence-electron chi connectivity index (χ4n) is 4.98. The van der Waals surface area contributed by atoms with E-state index in [1.54, 1.807) is 13.0 Å². The van der Waals surface area contributed by atoms with Crippen molar-refractivity contribution in [1.82, 2.24) is 0 Å². The van der Waals surface area contributed by atoms with Crippen LogP contribution in [0.3, 0.4) is 0 Å². The third kappa shape index (κ3) is 9.60. The monoisotopic (exact) mass is 443 g/mol. The van der Waals surface area contributed by atoms with Crippen molar-refractivity contribution >= 4 is 17.6 Å². The summed E-state index contributed by atoms with van der Waals surface area (Å²) < 4.78 is 22.4. The summed E-state index contributed by atoms with van der Waals surface area (Å²) in [5.41, 5.74) is 0.390. The minimum atomic E-state index is 0.0910. The van der Waals surface area contributed by atoms with Gasteiger partial charge in [-0.1, -0.05) is 38.4 Å². The maximum atomic E-state index is 5.77. The number of hydrogen-bond acceptors (Lipinski definition) is 5. The van der Waals surface area contributed by atoms with Crippen molar-refractivity contribution in [2.75, 3.05) is 53.9 Å². The highest BCUT2D eigenvalue weighted by Crippen LogP contribution is 2.53. The van der Waals surface area contributed by atoms with E-state index in [0.717, 1.165) is 84.6 Å². The zero-order valence-corrected chi connectivity index (χ0v) is 21.0. The summed E-state index contributed by atoms with van der Waals surface area (Å²) in [6.45, 7) is 9.32. The van der Waals surface area contributed by atoms with Crippen LogP contribution < -0.4 is 0 Å². The van der Waals surface area contributed by atoms with E-state index in [1.807, 2.05) is 12.5 Å². The van der Waals surface area contributed by atoms with Gasteiger partial charge in [0.15, 0.2) is 0 Å². The van der Waals surface area contributed by atoms with E-state index in [0.29, 0.717) is 5.41 Å². The average molecular weight is 444 g/mol. The number of thiocarbonyl (C=S) groups is 1. The standard InChI is InChI=1S/C25H47O4S/c1-5-7-8-13-24(21-29-22-24)20-25(15-19-30,14-18-27-4)23(11-9-16-26-3)12-10-17-28-6-2/h19H,5-18,20-22H2,1-4H3. The molecule has 1 radical (unpaired) electrons. The number of ether oxygens (including phenoxy) is 4. The van der Waals surface area contributed by atoms with Gasteiger partial charge in [0.1, 0.15) is 0 Å². The van der Waals surface area contributed by atoms with E-state index in [2.05, 4.69) is 13.8 Å². The van der Waals surface area contributed by atoms with Gasteiger partial charge < -0.3 is 18.9 Å². The van der Waals surface area contributed by atoms with E-state index >= 15 is 0 Å². The molecule has 1 fully saturated rings. The lowest BCUT2D eigenvalue weighted by Gasteiger charge is -2.51. The van der Waals surface area contributed by atoms with E-state index in [-0.39, 0.29) is 5.41 Å². The third-order valence-corrected chi connectivity index (χ3v) is 6.81. The van der Waals surface area contributed by atoms with Gasteiger partial charge in [-0.05, 0) is 75.0 Å². The maximum Gasteiger partial charge on any atom is 0.0545 e. The molecule has 1 unspecified atom stereocenters. The Hall–Kier alpha value is -0.0700. The molecule has 0 N–H and O–H groups in total. The van der Waals surface area contributed by atoms with Crippen LogP contribution in [0.5, 0.6) is 0 Å². The topological polar surface area (TPSA) is 36.9 Å². The Labute approximate surface area is 191 Å². The fraction of sp³-hybridized carbons (Fsp3) is 0.920. The Balaban J connectivity index is 3.05. The molecule has 1 saturated heterocycles. The molecule has 0 aromatic heterocycles. The molecule has 4 nitrogen and oxygen atoms in total. The molecule has 0 bridgehead atoms. The second kappa shape index (κ2) is 16.5. The van der Waals surface area contributed by atoms with Crippen molar-refractivity contribution in [3.05, 3.63) is 5.92 Å². The Kier molecular flexibility index (Phi) is 15.4. The van der Waals surface area contributed by atoms with Gasteiger partial charge >= 0.3 is 0 Å². The van der Waals surface area contributed by atoms with Crippen molar-refractivity contribution in [3.8, 4) is 0 Å². The summed E-state index contributed by atoms with van der Waals surface area (Å²) >= 11 is 5.45. The quantitative estimate of drug-likeness (QED) is 0.156. The first-order valence-corrected chi connectivity index (χ1v) is 12.5. The summed E-state index contributed by atoms with van der Waals surface area (Å²) in [6, 6.07) is 0. The first kappa shape index (κ1) is 28.0. The molecule has 177 valence electrons. The van der Waals surface area contributed by atoms with Crippen molar-refractivity contribution in [3.63, 3.8) is 0 Å². The molecule has 5 heteroatoms. The molecular formula is C25H47O4S. The Morgan fingerprint density at radius 3 is 2.23 bits per heavy atom. The van der Waals surface area contributed by atoms with Gasteiger partial charge in [-0.15, -0.1) is 0 Å². The van der Waals surface area contributed by atoms with Gasteiger partial charge in [-0.2, -0.15) is 0 Å². The molecular weight excluding hydrogens is 396 g/mol. The number of unbranched alkanes of at least 4 members (excludes halogenated alkanes) is 2. The van der Waals surface area contributed by atoms with Gasteiger partial charge in [0.25, 0.3) is 0 Å².